The summed E-state index contributed by atoms with van der Waals surface area (Å²) >= 11 is 0. The predicted molar refractivity (Wildman–Crippen MR) is 136 cm³/mol. The summed E-state index contributed by atoms with van der Waals surface area (Å²) < 4.78 is 23.9. The smallest absolute Gasteiger partial charge is 0.309 e. The van der Waals surface area contributed by atoms with Crippen LogP contribution < -0.4 is 0 Å². The van der Waals surface area contributed by atoms with E-state index in [0.29, 0.717) is 31.4 Å². The molecule has 3 rings (SSSR count). The van der Waals surface area contributed by atoms with Crippen molar-refractivity contribution >= 4 is 11.9 Å². The minimum absolute atomic E-state index is 0.148. The number of hydrogen-bond donors (Lipinski definition) is 1. The van der Waals surface area contributed by atoms with Crippen LogP contribution in [0.15, 0.2) is 36.5 Å². The minimum atomic E-state index is -1.00. The molecule has 1 spiro atoms. The van der Waals surface area contributed by atoms with Crippen molar-refractivity contribution in [3.05, 3.63) is 36.5 Å². The SMILES string of the molecule is C=CC(=C)CC[C@]1(C)[C@H]2C[C@H](OC(=O)C(C)CC)C=C3[C@@H](OCC)O[C@H](OC(C)=O)[C@@]32[C@H](O)C[C@@H]1C. The van der Waals surface area contributed by atoms with Crippen LogP contribution in [0.3, 0.4) is 0 Å². The summed E-state index contributed by atoms with van der Waals surface area (Å²) in [6, 6.07) is 0. The Morgan fingerprint density at radius 2 is 2.00 bits per heavy atom. The highest BCUT2D eigenvalue weighted by Gasteiger charge is 2.71. The first-order valence-electron chi connectivity index (χ1n) is 13.3. The quantitative estimate of drug-likeness (QED) is 0.252. The number of rotatable bonds is 10. The van der Waals surface area contributed by atoms with E-state index in [1.165, 1.54) is 6.92 Å². The Bertz CT molecular complexity index is 894. The second kappa shape index (κ2) is 11.2. The summed E-state index contributed by atoms with van der Waals surface area (Å²) in [6.45, 7) is 19.7. The van der Waals surface area contributed by atoms with Crippen molar-refractivity contribution in [3.63, 3.8) is 0 Å². The monoisotopic (exact) mass is 504 g/mol. The molecule has 36 heavy (non-hydrogen) atoms. The van der Waals surface area contributed by atoms with E-state index in [1.807, 2.05) is 26.8 Å². The van der Waals surface area contributed by atoms with Crippen LogP contribution in [-0.4, -0.2) is 48.4 Å². The lowest BCUT2D eigenvalue weighted by molar-refractivity contribution is -0.256. The minimum Gasteiger partial charge on any atom is -0.458 e. The van der Waals surface area contributed by atoms with Gasteiger partial charge in [0.25, 0.3) is 0 Å². The van der Waals surface area contributed by atoms with E-state index in [9.17, 15) is 14.7 Å². The summed E-state index contributed by atoms with van der Waals surface area (Å²) in [7, 11) is 0. The molecular formula is C29H44O7. The van der Waals surface area contributed by atoms with Crippen molar-refractivity contribution in [2.75, 3.05) is 6.61 Å². The van der Waals surface area contributed by atoms with Crippen molar-refractivity contribution in [3.8, 4) is 0 Å². The number of carbonyl (C=O) groups is 2. The molecule has 3 aliphatic rings. The fourth-order valence-corrected chi connectivity index (χ4v) is 6.48. The van der Waals surface area contributed by atoms with Gasteiger partial charge in [0.05, 0.1) is 17.4 Å². The highest BCUT2D eigenvalue weighted by molar-refractivity contribution is 5.72. The third-order valence-corrected chi connectivity index (χ3v) is 9.00. The first-order chi connectivity index (χ1) is 16.9. The fourth-order valence-electron chi connectivity index (χ4n) is 6.48. The van der Waals surface area contributed by atoms with Gasteiger partial charge in [-0.2, -0.15) is 0 Å². The Morgan fingerprint density at radius 1 is 1.31 bits per heavy atom. The molecule has 0 radical (unpaired) electrons. The molecule has 1 saturated heterocycles. The summed E-state index contributed by atoms with van der Waals surface area (Å²) in [5.74, 6) is -1.01. The standard InChI is InChI=1S/C29H44O7/c1-9-17(4)12-13-28(8)19(6)14-24(31)29-22(26(33-11-3)36-27(29)34-20(7)30)15-21(16-23(28)29)35-25(32)18(5)10-2/h9,15,18-19,21,23-24,26-27,31H,1,4,10-14,16H2,2-3,5-8H3/t18?,19-,21+,23+,24+,26-,27-,28-,29-/m0/s1. The van der Waals surface area contributed by atoms with Crippen molar-refractivity contribution in [2.45, 2.75) is 98.4 Å². The largest absolute Gasteiger partial charge is 0.458 e. The second-order valence-electron chi connectivity index (χ2n) is 11.0. The van der Waals surface area contributed by atoms with Gasteiger partial charge in [-0.05, 0) is 62.4 Å². The van der Waals surface area contributed by atoms with Gasteiger partial charge in [0.2, 0.25) is 6.29 Å². The van der Waals surface area contributed by atoms with Crippen molar-refractivity contribution in [1.29, 1.82) is 0 Å². The Morgan fingerprint density at radius 3 is 2.58 bits per heavy atom. The zero-order chi connectivity index (χ0) is 26.8. The molecule has 1 unspecified atom stereocenters. The molecule has 7 nitrogen and oxygen atoms in total. The number of aliphatic hydroxyl groups excluding tert-OH is 1. The van der Waals surface area contributed by atoms with Gasteiger partial charge in [0.1, 0.15) is 6.10 Å². The van der Waals surface area contributed by atoms with Crippen LogP contribution >= 0.6 is 0 Å². The normalized spacial score (nSPS) is 38.2. The third kappa shape index (κ3) is 4.94. The van der Waals surface area contributed by atoms with Gasteiger partial charge in [-0.15, -0.1) is 0 Å². The Kier molecular flexibility index (Phi) is 8.90. The summed E-state index contributed by atoms with van der Waals surface area (Å²) in [5.41, 5.74) is 0.360. The lowest BCUT2D eigenvalue weighted by Crippen LogP contribution is -2.63. The van der Waals surface area contributed by atoms with E-state index in [1.54, 1.807) is 6.08 Å². The molecule has 0 bridgehead atoms. The Hall–Kier alpha value is -1.96. The first kappa shape index (κ1) is 28.6. The second-order valence-corrected chi connectivity index (χ2v) is 11.0. The third-order valence-electron chi connectivity index (χ3n) is 9.00. The summed E-state index contributed by atoms with van der Waals surface area (Å²) in [6.07, 6.45) is 3.76. The van der Waals surface area contributed by atoms with E-state index < -0.39 is 36.2 Å². The van der Waals surface area contributed by atoms with E-state index in [-0.39, 0.29) is 29.1 Å². The zero-order valence-corrected chi connectivity index (χ0v) is 22.7. The molecular weight excluding hydrogens is 460 g/mol. The molecule has 0 aromatic rings. The molecule has 1 heterocycles. The number of allylic oxidation sites excluding steroid dienone is 2. The van der Waals surface area contributed by atoms with Crippen LogP contribution in [0.2, 0.25) is 0 Å². The molecule has 1 saturated carbocycles. The highest BCUT2D eigenvalue weighted by Crippen LogP contribution is 2.67. The molecule has 0 amide bonds. The summed E-state index contributed by atoms with van der Waals surface area (Å²) in [5, 5.41) is 11.7. The fraction of sp³-hybridized carbons (Fsp3) is 0.724. The van der Waals surface area contributed by atoms with Gasteiger partial charge in [-0.3, -0.25) is 9.59 Å². The highest BCUT2D eigenvalue weighted by atomic mass is 16.8. The number of aliphatic hydroxyl groups is 1. The number of ether oxygens (including phenoxy) is 4. The topological polar surface area (TPSA) is 91.3 Å². The molecule has 0 aromatic heterocycles. The van der Waals surface area contributed by atoms with E-state index in [0.717, 1.165) is 18.4 Å². The lowest BCUT2D eigenvalue weighted by atomic mass is 9.45. The molecule has 2 fully saturated rings. The van der Waals surface area contributed by atoms with Gasteiger partial charge in [-0.25, -0.2) is 0 Å². The average Bonchev–Trinajstić information content (AvgIpc) is 3.13. The molecule has 1 aliphatic heterocycles. The maximum Gasteiger partial charge on any atom is 0.309 e. The van der Waals surface area contributed by atoms with Gasteiger partial charge < -0.3 is 24.1 Å². The van der Waals surface area contributed by atoms with Gasteiger partial charge in [0, 0.05) is 19.1 Å². The Labute approximate surface area is 215 Å². The van der Waals surface area contributed by atoms with Crippen LogP contribution in [0.5, 0.6) is 0 Å². The summed E-state index contributed by atoms with van der Waals surface area (Å²) in [4.78, 5) is 25.0. The molecule has 1 N–H and O–H groups in total. The lowest BCUT2D eigenvalue weighted by Gasteiger charge is -2.60. The van der Waals surface area contributed by atoms with Gasteiger partial charge >= 0.3 is 11.9 Å². The van der Waals surface area contributed by atoms with Crippen LogP contribution in [-0.2, 0) is 28.5 Å². The first-order valence-corrected chi connectivity index (χ1v) is 13.3. The maximum atomic E-state index is 12.8. The maximum absolute atomic E-state index is 12.8. The number of hydrogen-bond acceptors (Lipinski definition) is 7. The average molecular weight is 505 g/mol. The van der Waals surface area contributed by atoms with Crippen molar-refractivity contribution in [2.24, 2.45) is 28.6 Å². The van der Waals surface area contributed by atoms with Crippen LogP contribution in [0.4, 0.5) is 0 Å². The van der Waals surface area contributed by atoms with Crippen LogP contribution in [0.1, 0.15) is 73.6 Å². The van der Waals surface area contributed by atoms with Crippen LogP contribution in [0, 0.1) is 28.6 Å². The number of carbonyl (C=O) groups excluding carboxylic acids is 2. The van der Waals surface area contributed by atoms with E-state index >= 15 is 0 Å². The van der Waals surface area contributed by atoms with Crippen molar-refractivity contribution in [1.82, 2.24) is 0 Å². The van der Waals surface area contributed by atoms with Crippen molar-refractivity contribution < 1.29 is 33.6 Å². The van der Waals surface area contributed by atoms with Gasteiger partial charge in [-0.1, -0.05) is 52.5 Å². The van der Waals surface area contributed by atoms with Gasteiger partial charge in [0.15, 0.2) is 6.29 Å². The Balaban J connectivity index is 2.16. The molecule has 0 aromatic carbocycles. The van der Waals surface area contributed by atoms with E-state index in [4.69, 9.17) is 18.9 Å². The molecule has 2 aliphatic carbocycles. The predicted octanol–water partition coefficient (Wildman–Crippen LogP) is 5.09. The zero-order valence-electron chi connectivity index (χ0n) is 22.7. The van der Waals surface area contributed by atoms with Crippen LogP contribution in [0.25, 0.3) is 0 Å². The molecule has 9 atom stereocenters. The molecule has 7 heteroatoms. The van der Waals surface area contributed by atoms with E-state index in [2.05, 4.69) is 27.0 Å². The molecule has 202 valence electrons. The number of esters is 2.